The third kappa shape index (κ3) is 6.32. The lowest BCUT2D eigenvalue weighted by atomic mass is 10.2. The number of thioether (sulfide) groups is 1. The van der Waals surface area contributed by atoms with Crippen LogP contribution in [0.2, 0.25) is 0 Å². The second kappa shape index (κ2) is 10.8. The third-order valence-electron chi connectivity index (χ3n) is 4.19. The normalized spacial score (nSPS) is 11.8. The monoisotopic (exact) mass is 434 g/mol. The topological polar surface area (TPSA) is 66.5 Å². The highest BCUT2D eigenvalue weighted by Crippen LogP contribution is 2.27. The first-order valence-electron chi connectivity index (χ1n) is 9.96. The molecule has 7 heteroatoms. The fraction of sp³-hybridized carbons (Fsp3) is 0.409. The summed E-state index contributed by atoms with van der Waals surface area (Å²) in [5.41, 5.74) is 1.18. The second-order valence-electron chi connectivity index (χ2n) is 7.05. The van der Waals surface area contributed by atoms with Crippen LogP contribution in [0.25, 0.3) is 0 Å². The van der Waals surface area contributed by atoms with Crippen molar-refractivity contribution in [3.63, 3.8) is 0 Å². The van der Waals surface area contributed by atoms with E-state index in [1.807, 2.05) is 32.0 Å². The Balaban J connectivity index is 2.18. The standard InChI is InChI=1S/C22H30N2O3S2/c1-5-15-24(16-6-2)29(26,27)19-13-11-18(12-14-19)23-22(25)20-9-7-8-10-21(20)28-17(3)4/h7-14,17H,5-6,15-16H2,1-4H3,(H,23,25). The predicted octanol–water partition coefficient (Wildman–Crippen LogP) is 5.25. The van der Waals surface area contributed by atoms with E-state index in [0.29, 0.717) is 29.6 Å². The van der Waals surface area contributed by atoms with E-state index in [-0.39, 0.29) is 10.8 Å². The fourth-order valence-corrected chi connectivity index (χ4v) is 5.50. The molecular formula is C22H30N2O3S2. The van der Waals surface area contributed by atoms with Gasteiger partial charge in [0.05, 0.1) is 10.5 Å². The first-order valence-corrected chi connectivity index (χ1v) is 12.3. The van der Waals surface area contributed by atoms with Gasteiger partial charge in [-0.2, -0.15) is 4.31 Å². The van der Waals surface area contributed by atoms with Crippen LogP contribution >= 0.6 is 11.8 Å². The molecule has 2 aromatic carbocycles. The molecule has 0 heterocycles. The number of hydrogen-bond acceptors (Lipinski definition) is 4. The van der Waals surface area contributed by atoms with E-state index in [1.165, 1.54) is 4.31 Å². The van der Waals surface area contributed by atoms with Crippen molar-refractivity contribution in [1.82, 2.24) is 4.31 Å². The van der Waals surface area contributed by atoms with Crippen LogP contribution in [0.5, 0.6) is 0 Å². The first-order chi connectivity index (χ1) is 13.8. The second-order valence-corrected chi connectivity index (χ2v) is 10.6. The summed E-state index contributed by atoms with van der Waals surface area (Å²) in [5.74, 6) is -0.206. The van der Waals surface area contributed by atoms with Crippen LogP contribution in [-0.4, -0.2) is 37.0 Å². The van der Waals surface area contributed by atoms with Crippen molar-refractivity contribution in [2.75, 3.05) is 18.4 Å². The molecule has 158 valence electrons. The predicted molar refractivity (Wildman–Crippen MR) is 121 cm³/mol. The van der Waals surface area contributed by atoms with Crippen LogP contribution in [0.3, 0.4) is 0 Å². The van der Waals surface area contributed by atoms with Gasteiger partial charge < -0.3 is 5.32 Å². The SMILES string of the molecule is CCCN(CCC)S(=O)(=O)c1ccc(NC(=O)c2ccccc2SC(C)C)cc1. The van der Waals surface area contributed by atoms with E-state index in [9.17, 15) is 13.2 Å². The minimum Gasteiger partial charge on any atom is -0.322 e. The summed E-state index contributed by atoms with van der Waals surface area (Å²) < 4.78 is 27.2. The lowest BCUT2D eigenvalue weighted by molar-refractivity contribution is 0.102. The van der Waals surface area contributed by atoms with Gasteiger partial charge in [0.25, 0.3) is 5.91 Å². The Morgan fingerprint density at radius 2 is 1.59 bits per heavy atom. The molecule has 0 spiro atoms. The molecule has 1 N–H and O–H groups in total. The number of benzene rings is 2. The van der Waals surface area contributed by atoms with Crippen LogP contribution in [0, 0.1) is 0 Å². The molecule has 0 aliphatic heterocycles. The Morgan fingerprint density at radius 1 is 1.00 bits per heavy atom. The number of carbonyl (C=O) groups is 1. The van der Waals surface area contributed by atoms with Crippen molar-refractivity contribution in [1.29, 1.82) is 0 Å². The van der Waals surface area contributed by atoms with Gasteiger partial charge in [0, 0.05) is 28.9 Å². The molecule has 0 fully saturated rings. The molecule has 1 amide bonds. The van der Waals surface area contributed by atoms with Crippen molar-refractivity contribution < 1.29 is 13.2 Å². The van der Waals surface area contributed by atoms with E-state index in [1.54, 1.807) is 42.1 Å². The van der Waals surface area contributed by atoms with Gasteiger partial charge in [-0.05, 0) is 49.2 Å². The van der Waals surface area contributed by atoms with Gasteiger partial charge in [0.15, 0.2) is 0 Å². The van der Waals surface area contributed by atoms with Gasteiger partial charge in [-0.1, -0.05) is 39.8 Å². The number of nitrogens with one attached hydrogen (secondary N) is 1. The average Bonchev–Trinajstić information content (AvgIpc) is 2.68. The minimum absolute atomic E-state index is 0.206. The van der Waals surface area contributed by atoms with Crippen molar-refractivity contribution in [2.45, 2.75) is 55.6 Å². The zero-order valence-electron chi connectivity index (χ0n) is 17.5. The van der Waals surface area contributed by atoms with Gasteiger partial charge in [0.1, 0.15) is 0 Å². The molecule has 0 atom stereocenters. The number of sulfonamides is 1. The quantitative estimate of drug-likeness (QED) is 0.519. The molecule has 0 aliphatic carbocycles. The van der Waals surface area contributed by atoms with E-state index >= 15 is 0 Å². The molecular weight excluding hydrogens is 404 g/mol. The van der Waals surface area contributed by atoms with Crippen LogP contribution in [0.4, 0.5) is 5.69 Å². The number of nitrogens with zero attached hydrogens (tertiary/aromatic N) is 1. The zero-order valence-corrected chi connectivity index (χ0v) is 19.1. The molecule has 2 aromatic rings. The highest BCUT2D eigenvalue weighted by atomic mass is 32.2. The smallest absolute Gasteiger partial charge is 0.256 e. The van der Waals surface area contributed by atoms with Crippen LogP contribution in [0.15, 0.2) is 58.3 Å². The molecule has 5 nitrogen and oxygen atoms in total. The maximum atomic E-state index is 12.9. The Kier molecular flexibility index (Phi) is 8.74. The number of hydrogen-bond donors (Lipinski definition) is 1. The summed E-state index contributed by atoms with van der Waals surface area (Å²) in [7, 11) is -3.53. The van der Waals surface area contributed by atoms with Crippen molar-refractivity contribution >= 4 is 33.4 Å². The van der Waals surface area contributed by atoms with E-state index in [0.717, 1.165) is 17.7 Å². The van der Waals surface area contributed by atoms with Crippen molar-refractivity contribution in [3.05, 3.63) is 54.1 Å². The van der Waals surface area contributed by atoms with Crippen molar-refractivity contribution in [3.8, 4) is 0 Å². The fourth-order valence-electron chi connectivity index (χ4n) is 2.92. The Morgan fingerprint density at radius 3 is 2.14 bits per heavy atom. The molecule has 0 unspecified atom stereocenters. The molecule has 0 aliphatic rings. The summed E-state index contributed by atoms with van der Waals surface area (Å²) in [6.07, 6.45) is 1.53. The van der Waals surface area contributed by atoms with Gasteiger partial charge >= 0.3 is 0 Å². The molecule has 0 saturated carbocycles. The van der Waals surface area contributed by atoms with E-state index in [4.69, 9.17) is 0 Å². The summed E-state index contributed by atoms with van der Waals surface area (Å²) in [4.78, 5) is 13.9. The molecule has 0 aromatic heterocycles. The lowest BCUT2D eigenvalue weighted by Crippen LogP contribution is -2.32. The highest BCUT2D eigenvalue weighted by Gasteiger charge is 2.23. The highest BCUT2D eigenvalue weighted by molar-refractivity contribution is 8.00. The molecule has 0 saturated heterocycles. The number of anilines is 1. The van der Waals surface area contributed by atoms with Gasteiger partial charge in [-0.25, -0.2) is 8.42 Å². The summed E-state index contributed by atoms with van der Waals surface area (Å²) >= 11 is 1.64. The van der Waals surface area contributed by atoms with Gasteiger partial charge in [-0.15, -0.1) is 11.8 Å². The molecule has 2 rings (SSSR count). The third-order valence-corrected chi connectivity index (χ3v) is 7.18. The summed E-state index contributed by atoms with van der Waals surface area (Å²) in [6.45, 7) is 9.09. The van der Waals surface area contributed by atoms with Crippen LogP contribution in [0.1, 0.15) is 50.9 Å². The maximum Gasteiger partial charge on any atom is 0.256 e. The van der Waals surface area contributed by atoms with Gasteiger partial charge in [-0.3, -0.25) is 4.79 Å². The minimum atomic E-state index is -3.53. The van der Waals surface area contributed by atoms with Crippen LogP contribution < -0.4 is 5.32 Å². The molecule has 0 bridgehead atoms. The Bertz CT molecular complexity index is 904. The lowest BCUT2D eigenvalue weighted by Gasteiger charge is -2.21. The maximum absolute atomic E-state index is 12.9. The van der Waals surface area contributed by atoms with Crippen molar-refractivity contribution in [2.24, 2.45) is 0 Å². The number of carbonyl (C=O) groups excluding carboxylic acids is 1. The Hall–Kier alpha value is -1.83. The van der Waals surface area contributed by atoms with Gasteiger partial charge in [0.2, 0.25) is 10.0 Å². The molecule has 29 heavy (non-hydrogen) atoms. The largest absolute Gasteiger partial charge is 0.322 e. The van der Waals surface area contributed by atoms with Crippen LogP contribution in [-0.2, 0) is 10.0 Å². The average molecular weight is 435 g/mol. The molecule has 0 radical (unpaired) electrons. The summed E-state index contributed by atoms with van der Waals surface area (Å²) in [5, 5.41) is 3.23. The number of rotatable bonds is 10. The first kappa shape index (κ1) is 23.4. The Labute approximate surface area is 178 Å². The zero-order chi connectivity index (χ0) is 21.4. The number of amides is 1. The van der Waals surface area contributed by atoms with E-state index in [2.05, 4.69) is 19.2 Å². The summed E-state index contributed by atoms with van der Waals surface area (Å²) in [6, 6.07) is 13.9. The van der Waals surface area contributed by atoms with E-state index < -0.39 is 10.0 Å².